The van der Waals surface area contributed by atoms with Gasteiger partial charge in [0.2, 0.25) is 5.91 Å². The molecule has 0 saturated heterocycles. The average Bonchev–Trinajstić information content (AvgIpc) is 3.09. The second kappa shape index (κ2) is 39.9. The molecule has 5 nitrogen and oxygen atoms in total. The fraction of sp³-hybridized carbons (Fsp3) is 0.932. The third-order valence-corrected chi connectivity index (χ3v) is 10.3. The molecule has 292 valence electrons. The molecule has 0 aliphatic rings. The largest absolute Gasteiger partial charge is 0.394 e. The van der Waals surface area contributed by atoms with E-state index in [1.54, 1.807) is 6.08 Å². The van der Waals surface area contributed by atoms with Gasteiger partial charge in [-0.15, -0.1) is 0 Å². The van der Waals surface area contributed by atoms with Crippen molar-refractivity contribution in [2.24, 2.45) is 0 Å². The second-order valence-electron chi connectivity index (χ2n) is 15.3. The Morgan fingerprint density at radius 2 is 0.837 bits per heavy atom. The van der Waals surface area contributed by atoms with Gasteiger partial charge in [-0.05, 0) is 19.3 Å². The van der Waals surface area contributed by atoms with Crippen LogP contribution in [0.5, 0.6) is 0 Å². The minimum Gasteiger partial charge on any atom is -0.394 e. The van der Waals surface area contributed by atoms with Gasteiger partial charge >= 0.3 is 0 Å². The third-order valence-electron chi connectivity index (χ3n) is 10.3. The standard InChI is InChI=1S/C44H87NO4/c1-3-5-7-9-11-13-15-17-19-21-22-23-25-27-29-31-33-35-37-41(47)39-44(49)45-42(40-46)43(48)38-36-34-32-30-28-26-24-20-18-16-14-12-10-8-6-4-2/h36,38,41-43,46-48H,3-35,37,39-40H2,1-2H3,(H,45,49)/b38-36+. The Morgan fingerprint density at radius 3 is 1.18 bits per heavy atom. The Bertz CT molecular complexity index is 684. The predicted molar refractivity (Wildman–Crippen MR) is 213 cm³/mol. The maximum Gasteiger partial charge on any atom is 0.222 e. The van der Waals surface area contributed by atoms with Crippen molar-refractivity contribution in [3.63, 3.8) is 0 Å². The lowest BCUT2D eigenvalue weighted by molar-refractivity contribution is -0.124. The van der Waals surface area contributed by atoms with E-state index in [1.807, 2.05) is 6.08 Å². The molecule has 0 radical (unpaired) electrons. The summed E-state index contributed by atoms with van der Waals surface area (Å²) in [6, 6.07) is -0.739. The van der Waals surface area contributed by atoms with Crippen LogP contribution in [0.15, 0.2) is 12.2 Å². The van der Waals surface area contributed by atoms with Crippen LogP contribution in [0.1, 0.15) is 239 Å². The smallest absolute Gasteiger partial charge is 0.222 e. The first kappa shape index (κ1) is 48.1. The molecule has 3 unspecified atom stereocenters. The van der Waals surface area contributed by atoms with Gasteiger partial charge in [0.1, 0.15) is 0 Å². The van der Waals surface area contributed by atoms with Crippen molar-refractivity contribution in [3.8, 4) is 0 Å². The number of hydrogen-bond acceptors (Lipinski definition) is 4. The van der Waals surface area contributed by atoms with E-state index in [0.717, 1.165) is 25.7 Å². The zero-order chi connectivity index (χ0) is 35.9. The van der Waals surface area contributed by atoms with Gasteiger partial charge in [-0.25, -0.2) is 0 Å². The van der Waals surface area contributed by atoms with E-state index in [-0.39, 0.29) is 18.9 Å². The molecule has 1 amide bonds. The van der Waals surface area contributed by atoms with Gasteiger partial charge in [0.15, 0.2) is 0 Å². The molecule has 3 atom stereocenters. The molecule has 0 aromatic rings. The van der Waals surface area contributed by atoms with Crippen LogP contribution in [0.3, 0.4) is 0 Å². The van der Waals surface area contributed by atoms with E-state index in [2.05, 4.69) is 19.2 Å². The van der Waals surface area contributed by atoms with E-state index in [1.165, 1.54) is 186 Å². The molecular formula is C44H87NO4. The van der Waals surface area contributed by atoms with Crippen LogP contribution in [0.2, 0.25) is 0 Å². The molecule has 0 aliphatic carbocycles. The summed E-state index contributed by atoms with van der Waals surface area (Å²) in [5.74, 6) is -0.312. The molecule has 49 heavy (non-hydrogen) atoms. The lowest BCUT2D eigenvalue weighted by atomic mass is 10.0. The monoisotopic (exact) mass is 694 g/mol. The number of allylic oxidation sites excluding steroid dienone is 1. The predicted octanol–water partition coefficient (Wildman–Crippen LogP) is 12.4. The summed E-state index contributed by atoms with van der Waals surface area (Å²) >= 11 is 0. The Hall–Kier alpha value is -0.910. The molecular weight excluding hydrogens is 606 g/mol. The number of aliphatic hydroxyl groups is 3. The van der Waals surface area contributed by atoms with Gasteiger partial charge in [-0.2, -0.15) is 0 Å². The summed E-state index contributed by atoms with van der Waals surface area (Å²) in [7, 11) is 0. The number of rotatable bonds is 40. The normalized spacial score (nSPS) is 13.7. The van der Waals surface area contributed by atoms with Crippen molar-refractivity contribution in [2.75, 3.05) is 6.61 Å². The molecule has 0 aromatic heterocycles. The highest BCUT2D eigenvalue weighted by Crippen LogP contribution is 2.16. The van der Waals surface area contributed by atoms with Gasteiger partial charge in [-0.1, -0.05) is 225 Å². The van der Waals surface area contributed by atoms with Gasteiger partial charge in [0, 0.05) is 0 Å². The quantitative estimate of drug-likeness (QED) is 0.0380. The van der Waals surface area contributed by atoms with Crippen LogP contribution < -0.4 is 5.32 Å². The van der Waals surface area contributed by atoms with Gasteiger partial charge < -0.3 is 20.6 Å². The molecule has 0 fully saturated rings. The first-order valence-corrected chi connectivity index (χ1v) is 22.0. The zero-order valence-corrected chi connectivity index (χ0v) is 33.1. The Morgan fingerprint density at radius 1 is 0.510 bits per heavy atom. The summed E-state index contributed by atoms with van der Waals surface area (Å²) in [6.45, 7) is 4.23. The van der Waals surface area contributed by atoms with Gasteiger partial charge in [0.05, 0.1) is 31.3 Å². The fourth-order valence-corrected chi connectivity index (χ4v) is 6.93. The van der Waals surface area contributed by atoms with E-state index in [0.29, 0.717) is 6.42 Å². The number of amides is 1. The summed E-state index contributed by atoms with van der Waals surface area (Å²) in [4.78, 5) is 12.4. The molecule has 0 spiro atoms. The Balaban J connectivity index is 3.64. The lowest BCUT2D eigenvalue weighted by Crippen LogP contribution is -2.45. The first-order valence-electron chi connectivity index (χ1n) is 22.0. The van der Waals surface area contributed by atoms with Crippen LogP contribution in [-0.2, 0) is 4.79 Å². The topological polar surface area (TPSA) is 89.8 Å². The number of unbranched alkanes of at least 4 members (excludes halogenated alkanes) is 31. The van der Waals surface area contributed by atoms with Gasteiger partial charge in [-0.3, -0.25) is 4.79 Å². The van der Waals surface area contributed by atoms with Crippen molar-refractivity contribution in [2.45, 2.75) is 257 Å². The van der Waals surface area contributed by atoms with Crippen molar-refractivity contribution in [1.82, 2.24) is 5.32 Å². The minimum atomic E-state index is -0.923. The molecule has 0 aliphatic heterocycles. The molecule has 5 heteroatoms. The molecule has 0 bridgehead atoms. The molecule has 0 rings (SSSR count). The van der Waals surface area contributed by atoms with Crippen LogP contribution in [-0.4, -0.2) is 46.1 Å². The second-order valence-corrected chi connectivity index (χ2v) is 15.3. The molecule has 0 heterocycles. The van der Waals surface area contributed by atoms with Crippen LogP contribution in [0.4, 0.5) is 0 Å². The SMILES string of the molecule is CCCCCCCCCCCCCCCC/C=C/C(O)C(CO)NC(=O)CC(O)CCCCCCCCCCCCCCCCCCCC. The zero-order valence-electron chi connectivity index (χ0n) is 33.1. The van der Waals surface area contributed by atoms with Crippen LogP contribution in [0.25, 0.3) is 0 Å². The molecule has 0 aromatic carbocycles. The summed E-state index contributed by atoms with van der Waals surface area (Å²) in [6.07, 6.45) is 46.3. The van der Waals surface area contributed by atoms with Crippen molar-refractivity contribution >= 4 is 5.91 Å². The van der Waals surface area contributed by atoms with Crippen LogP contribution in [0, 0.1) is 0 Å². The number of aliphatic hydroxyl groups excluding tert-OH is 3. The third kappa shape index (κ3) is 36.7. The van der Waals surface area contributed by atoms with E-state index < -0.39 is 18.2 Å². The highest BCUT2D eigenvalue weighted by atomic mass is 16.3. The van der Waals surface area contributed by atoms with E-state index in [9.17, 15) is 20.1 Å². The summed E-state index contributed by atoms with van der Waals surface area (Å²) < 4.78 is 0. The average molecular weight is 694 g/mol. The maximum atomic E-state index is 12.4. The van der Waals surface area contributed by atoms with Crippen molar-refractivity contribution in [1.29, 1.82) is 0 Å². The first-order chi connectivity index (χ1) is 24.0. The number of hydrogen-bond donors (Lipinski definition) is 4. The number of nitrogens with one attached hydrogen (secondary N) is 1. The van der Waals surface area contributed by atoms with E-state index >= 15 is 0 Å². The maximum absolute atomic E-state index is 12.4. The highest BCUT2D eigenvalue weighted by molar-refractivity contribution is 5.76. The van der Waals surface area contributed by atoms with E-state index in [4.69, 9.17) is 0 Å². The summed E-state index contributed by atoms with van der Waals surface area (Å²) in [5, 5.41) is 33.2. The fourth-order valence-electron chi connectivity index (χ4n) is 6.93. The lowest BCUT2D eigenvalue weighted by Gasteiger charge is -2.21. The highest BCUT2D eigenvalue weighted by Gasteiger charge is 2.20. The number of carbonyl (C=O) groups excluding carboxylic acids is 1. The Kier molecular flexibility index (Phi) is 39.1. The van der Waals surface area contributed by atoms with Crippen molar-refractivity contribution in [3.05, 3.63) is 12.2 Å². The number of carbonyl (C=O) groups is 1. The molecule has 4 N–H and O–H groups in total. The molecule has 0 saturated carbocycles. The van der Waals surface area contributed by atoms with Gasteiger partial charge in [0.25, 0.3) is 0 Å². The minimum absolute atomic E-state index is 0.0188. The van der Waals surface area contributed by atoms with Crippen molar-refractivity contribution < 1.29 is 20.1 Å². The van der Waals surface area contributed by atoms with Crippen LogP contribution >= 0.6 is 0 Å². The summed E-state index contributed by atoms with van der Waals surface area (Å²) in [5.41, 5.74) is 0. The Labute approximate surface area is 306 Å².